The Morgan fingerprint density at radius 1 is 0.897 bits per heavy atom. The molecule has 0 saturated carbocycles. The van der Waals surface area contributed by atoms with Crippen LogP contribution in [0.3, 0.4) is 0 Å². The maximum Gasteiger partial charge on any atom is 0.407 e. The highest BCUT2D eigenvalue weighted by atomic mass is 16.5. The molecule has 2 amide bonds. The number of ether oxygens (including phenoxy) is 3. The van der Waals surface area contributed by atoms with E-state index in [0.717, 1.165) is 27.8 Å². The Labute approximate surface area is 227 Å². The van der Waals surface area contributed by atoms with Crippen molar-refractivity contribution in [3.8, 4) is 11.1 Å². The molecule has 3 unspecified atom stereocenters. The van der Waals surface area contributed by atoms with Crippen LogP contribution < -0.4 is 10.6 Å². The van der Waals surface area contributed by atoms with Gasteiger partial charge in [-0.3, -0.25) is 4.79 Å². The van der Waals surface area contributed by atoms with Gasteiger partial charge in [0, 0.05) is 13.0 Å². The van der Waals surface area contributed by atoms with Gasteiger partial charge in [0.2, 0.25) is 0 Å². The lowest BCUT2D eigenvalue weighted by atomic mass is 9.98. The second-order valence-corrected chi connectivity index (χ2v) is 9.26. The molecule has 3 aromatic carbocycles. The van der Waals surface area contributed by atoms with Crippen LogP contribution in [0.1, 0.15) is 29.5 Å². The number of aliphatic carboxylic acids is 1. The van der Waals surface area contributed by atoms with Gasteiger partial charge in [-0.1, -0.05) is 78.9 Å². The summed E-state index contributed by atoms with van der Waals surface area (Å²) in [5.74, 6) is -2.04. The van der Waals surface area contributed by atoms with Crippen molar-refractivity contribution in [3.63, 3.8) is 0 Å². The van der Waals surface area contributed by atoms with Gasteiger partial charge < -0.3 is 30.0 Å². The first-order valence-corrected chi connectivity index (χ1v) is 12.7. The Kier molecular flexibility index (Phi) is 9.30. The van der Waals surface area contributed by atoms with Gasteiger partial charge in [0.05, 0.1) is 19.3 Å². The van der Waals surface area contributed by atoms with Crippen LogP contribution in [0.15, 0.2) is 78.9 Å². The van der Waals surface area contributed by atoms with E-state index in [2.05, 4.69) is 10.6 Å². The maximum absolute atomic E-state index is 12.8. The molecule has 9 heteroatoms. The van der Waals surface area contributed by atoms with Crippen LogP contribution in [0.2, 0.25) is 0 Å². The number of nitrogens with one attached hydrogen (secondary N) is 2. The van der Waals surface area contributed by atoms with Gasteiger partial charge in [-0.15, -0.1) is 0 Å². The van der Waals surface area contributed by atoms with Gasteiger partial charge in [-0.25, -0.2) is 9.59 Å². The fourth-order valence-corrected chi connectivity index (χ4v) is 4.63. The van der Waals surface area contributed by atoms with E-state index in [9.17, 15) is 19.5 Å². The molecule has 0 radical (unpaired) electrons. The Morgan fingerprint density at radius 3 is 2.08 bits per heavy atom. The lowest BCUT2D eigenvalue weighted by Crippen LogP contribution is -2.53. The van der Waals surface area contributed by atoms with Crippen molar-refractivity contribution in [1.29, 1.82) is 0 Å². The van der Waals surface area contributed by atoms with E-state index < -0.39 is 36.2 Å². The summed E-state index contributed by atoms with van der Waals surface area (Å²) < 4.78 is 16.4. The highest BCUT2D eigenvalue weighted by Crippen LogP contribution is 2.44. The molecule has 0 heterocycles. The third-order valence-corrected chi connectivity index (χ3v) is 6.74. The summed E-state index contributed by atoms with van der Waals surface area (Å²) in [6.45, 7) is 1.68. The summed E-state index contributed by atoms with van der Waals surface area (Å²) in [5.41, 5.74) is 5.29. The van der Waals surface area contributed by atoms with Crippen molar-refractivity contribution in [2.24, 2.45) is 0 Å². The standard InChI is InChI=1S/C30H32N2O7/c1-19(38-17-20-10-4-3-5-11-20)27(29(34)35)32-28(33)26(37-2)16-31-30(36)39-18-25-23-14-8-6-12-21(23)22-13-7-9-15-24(22)25/h3-15,19,25-27H,16-18H2,1-2H3,(H,31,36)(H,32,33)(H,34,35). The first kappa shape index (κ1) is 27.8. The zero-order valence-corrected chi connectivity index (χ0v) is 21.8. The number of hydrogen-bond donors (Lipinski definition) is 3. The minimum atomic E-state index is -1.31. The first-order chi connectivity index (χ1) is 18.9. The third-order valence-electron chi connectivity index (χ3n) is 6.74. The van der Waals surface area contributed by atoms with Crippen molar-refractivity contribution in [1.82, 2.24) is 10.6 Å². The van der Waals surface area contributed by atoms with Crippen LogP contribution in [0.25, 0.3) is 11.1 Å². The Morgan fingerprint density at radius 2 is 1.49 bits per heavy atom. The van der Waals surface area contributed by atoms with Crippen molar-refractivity contribution < 1.29 is 33.7 Å². The molecule has 0 saturated heterocycles. The number of benzene rings is 3. The molecule has 0 spiro atoms. The average molecular weight is 533 g/mol. The quantitative estimate of drug-likeness (QED) is 0.325. The molecular weight excluding hydrogens is 500 g/mol. The highest BCUT2D eigenvalue weighted by Gasteiger charge is 2.31. The van der Waals surface area contributed by atoms with Gasteiger partial charge >= 0.3 is 12.1 Å². The summed E-state index contributed by atoms with van der Waals surface area (Å²) in [4.78, 5) is 37.1. The maximum atomic E-state index is 12.8. The molecule has 3 atom stereocenters. The molecule has 0 aromatic heterocycles. The van der Waals surface area contributed by atoms with Gasteiger partial charge in [0.1, 0.15) is 6.61 Å². The zero-order valence-electron chi connectivity index (χ0n) is 21.8. The SMILES string of the molecule is COC(CNC(=O)OCC1c2ccccc2-c2ccccc21)C(=O)NC(C(=O)O)C(C)OCc1ccccc1. The molecule has 204 valence electrons. The van der Waals surface area contributed by atoms with Crippen LogP contribution >= 0.6 is 0 Å². The summed E-state index contributed by atoms with van der Waals surface area (Å²) in [5, 5.41) is 14.6. The van der Waals surface area contributed by atoms with E-state index >= 15 is 0 Å². The van der Waals surface area contributed by atoms with E-state index in [1.165, 1.54) is 7.11 Å². The van der Waals surface area contributed by atoms with E-state index in [0.29, 0.717) is 0 Å². The summed E-state index contributed by atoms with van der Waals surface area (Å²) in [7, 11) is 1.30. The third kappa shape index (κ3) is 6.81. The van der Waals surface area contributed by atoms with Crippen LogP contribution in [0.4, 0.5) is 4.79 Å². The normalized spacial score (nSPS) is 14.4. The monoisotopic (exact) mass is 532 g/mol. The molecular formula is C30H32N2O7. The van der Waals surface area contributed by atoms with E-state index in [1.807, 2.05) is 78.9 Å². The Hall–Kier alpha value is -4.21. The number of amides is 2. The molecule has 0 aliphatic heterocycles. The number of rotatable bonds is 12. The molecule has 3 N–H and O–H groups in total. The van der Waals surface area contributed by atoms with Crippen LogP contribution in [0, 0.1) is 0 Å². The molecule has 0 bridgehead atoms. The topological polar surface area (TPSA) is 123 Å². The molecule has 1 aliphatic carbocycles. The van der Waals surface area contributed by atoms with E-state index in [1.54, 1.807) is 6.92 Å². The predicted molar refractivity (Wildman–Crippen MR) is 144 cm³/mol. The summed E-state index contributed by atoms with van der Waals surface area (Å²) in [6.07, 6.45) is -2.66. The minimum Gasteiger partial charge on any atom is -0.480 e. The van der Waals surface area contributed by atoms with Gasteiger partial charge in [0.15, 0.2) is 12.1 Å². The molecule has 9 nitrogen and oxygen atoms in total. The fourth-order valence-electron chi connectivity index (χ4n) is 4.63. The number of fused-ring (bicyclic) bond motifs is 3. The summed E-state index contributed by atoms with van der Waals surface area (Å²) in [6, 6.07) is 24.0. The molecule has 39 heavy (non-hydrogen) atoms. The van der Waals surface area contributed by atoms with Crippen LogP contribution in [0.5, 0.6) is 0 Å². The van der Waals surface area contributed by atoms with E-state index in [4.69, 9.17) is 14.2 Å². The fraction of sp³-hybridized carbons (Fsp3) is 0.300. The number of methoxy groups -OCH3 is 1. The zero-order chi connectivity index (χ0) is 27.8. The van der Waals surface area contributed by atoms with Crippen molar-refractivity contribution in [2.75, 3.05) is 20.3 Å². The number of alkyl carbamates (subject to hydrolysis) is 1. The lowest BCUT2D eigenvalue weighted by Gasteiger charge is -2.24. The molecule has 1 aliphatic rings. The van der Waals surface area contributed by atoms with E-state index in [-0.39, 0.29) is 25.7 Å². The predicted octanol–water partition coefficient (Wildman–Crippen LogP) is 3.71. The largest absolute Gasteiger partial charge is 0.480 e. The first-order valence-electron chi connectivity index (χ1n) is 12.7. The highest BCUT2D eigenvalue weighted by molar-refractivity contribution is 5.87. The van der Waals surface area contributed by atoms with Crippen molar-refractivity contribution >= 4 is 18.0 Å². The Balaban J connectivity index is 1.28. The molecule has 4 rings (SSSR count). The average Bonchev–Trinajstić information content (AvgIpc) is 3.27. The molecule has 3 aromatic rings. The second kappa shape index (κ2) is 13.0. The number of carboxylic acid groups (broad SMARTS) is 1. The van der Waals surface area contributed by atoms with Crippen LogP contribution in [-0.4, -0.2) is 61.6 Å². The second-order valence-electron chi connectivity index (χ2n) is 9.26. The number of hydrogen-bond acceptors (Lipinski definition) is 6. The smallest absolute Gasteiger partial charge is 0.407 e. The minimum absolute atomic E-state index is 0.0987. The van der Waals surface area contributed by atoms with Crippen molar-refractivity contribution in [2.45, 2.75) is 37.7 Å². The van der Waals surface area contributed by atoms with Gasteiger partial charge in [0.25, 0.3) is 5.91 Å². The summed E-state index contributed by atoms with van der Waals surface area (Å²) >= 11 is 0. The number of carbonyl (C=O) groups excluding carboxylic acids is 2. The van der Waals surface area contributed by atoms with Gasteiger partial charge in [-0.05, 0) is 34.7 Å². The lowest BCUT2D eigenvalue weighted by molar-refractivity contribution is -0.148. The van der Waals surface area contributed by atoms with Crippen LogP contribution in [-0.2, 0) is 30.4 Å². The van der Waals surface area contributed by atoms with Gasteiger partial charge in [-0.2, -0.15) is 0 Å². The number of carboxylic acids is 1. The number of carbonyl (C=O) groups is 3. The van der Waals surface area contributed by atoms with Crippen molar-refractivity contribution in [3.05, 3.63) is 95.6 Å². The Bertz CT molecular complexity index is 1250. The molecule has 0 fully saturated rings.